The molecule has 0 atom stereocenters. The number of benzene rings is 1. The second-order valence-corrected chi connectivity index (χ2v) is 4.81. The van der Waals surface area contributed by atoms with Crippen molar-refractivity contribution in [3.05, 3.63) is 66.4 Å². The molecule has 0 N–H and O–H groups in total. The van der Waals surface area contributed by atoms with E-state index in [0.717, 1.165) is 5.75 Å². The molecule has 0 spiro atoms. The van der Waals surface area contributed by atoms with E-state index >= 15 is 0 Å². The quantitative estimate of drug-likeness (QED) is 0.587. The fraction of sp³-hybridized carbons (Fsp3) is 0.133. The third kappa shape index (κ3) is 3.75. The first-order valence-corrected chi connectivity index (χ1v) is 6.64. The van der Waals surface area contributed by atoms with Crippen LogP contribution >= 0.6 is 11.8 Å². The van der Waals surface area contributed by atoms with Crippen molar-refractivity contribution in [1.82, 2.24) is 0 Å². The Morgan fingerprint density at radius 1 is 1.06 bits per heavy atom. The highest BCUT2D eigenvalue weighted by Crippen LogP contribution is 2.13. The fourth-order valence-corrected chi connectivity index (χ4v) is 2.34. The summed E-state index contributed by atoms with van der Waals surface area (Å²) in [6, 6.07) is 16.6. The van der Waals surface area contributed by atoms with Gasteiger partial charge in [-0.2, -0.15) is 4.57 Å². The largest absolute Gasteiger partial charge is 0.240 e. The van der Waals surface area contributed by atoms with E-state index < -0.39 is 0 Å². The Balaban J connectivity index is 1.88. The summed E-state index contributed by atoms with van der Waals surface area (Å²) in [5.74, 6) is 0.993. The zero-order chi connectivity index (χ0) is 11.9. The lowest BCUT2D eigenvalue weighted by molar-refractivity contribution is -0.708. The number of aryl methyl sites for hydroxylation is 1. The van der Waals surface area contributed by atoms with E-state index in [-0.39, 0.29) is 0 Å². The number of thioether (sulfide) groups is 1. The summed E-state index contributed by atoms with van der Waals surface area (Å²) in [7, 11) is 2.07. The Labute approximate surface area is 107 Å². The summed E-state index contributed by atoms with van der Waals surface area (Å²) < 4.78 is 2.14. The number of hydrogen-bond acceptors (Lipinski definition) is 1. The maximum Gasteiger partial charge on any atom is 0.240 e. The molecular formula is C15H16NS+. The normalized spacial score (nSPS) is 10.9. The van der Waals surface area contributed by atoms with E-state index in [2.05, 4.69) is 66.4 Å². The van der Waals surface area contributed by atoms with E-state index in [1.54, 1.807) is 0 Å². The topological polar surface area (TPSA) is 3.88 Å². The Hall–Kier alpha value is -1.54. The van der Waals surface area contributed by atoms with Crippen LogP contribution in [-0.2, 0) is 7.05 Å². The van der Waals surface area contributed by atoms with Crippen molar-refractivity contribution in [1.29, 1.82) is 0 Å². The molecule has 2 heteroatoms. The minimum Gasteiger partial charge on any atom is -0.196 e. The second-order valence-electron chi connectivity index (χ2n) is 3.77. The standard InChI is InChI=1S/C15H16NS/c1-16-12-6-5-11-15(16)17-13-7-10-14-8-3-2-4-9-14/h2-12H,13H2,1H3/q+1/b10-7+. The summed E-state index contributed by atoms with van der Waals surface area (Å²) in [6.45, 7) is 0. The van der Waals surface area contributed by atoms with Crippen LogP contribution in [0, 0.1) is 0 Å². The van der Waals surface area contributed by atoms with Crippen LogP contribution in [0.1, 0.15) is 5.56 Å². The molecule has 1 nitrogen and oxygen atoms in total. The van der Waals surface area contributed by atoms with Gasteiger partial charge in [-0.15, -0.1) is 0 Å². The number of rotatable bonds is 4. The monoisotopic (exact) mass is 242 g/mol. The van der Waals surface area contributed by atoms with Gasteiger partial charge < -0.3 is 0 Å². The molecule has 2 rings (SSSR count). The molecule has 86 valence electrons. The third-order valence-electron chi connectivity index (χ3n) is 2.44. The van der Waals surface area contributed by atoms with E-state index in [1.165, 1.54) is 10.6 Å². The molecule has 1 heterocycles. The van der Waals surface area contributed by atoms with Crippen molar-refractivity contribution in [2.45, 2.75) is 5.03 Å². The molecule has 0 aliphatic heterocycles. The first-order valence-electron chi connectivity index (χ1n) is 5.65. The van der Waals surface area contributed by atoms with Crippen molar-refractivity contribution in [2.24, 2.45) is 7.05 Å². The molecule has 0 amide bonds. The van der Waals surface area contributed by atoms with Crippen molar-refractivity contribution in [3.63, 3.8) is 0 Å². The van der Waals surface area contributed by atoms with Crippen molar-refractivity contribution in [3.8, 4) is 0 Å². The highest BCUT2D eigenvalue weighted by atomic mass is 32.2. The lowest BCUT2D eigenvalue weighted by Crippen LogP contribution is -2.29. The Kier molecular flexibility index (Phi) is 4.39. The molecule has 1 aromatic carbocycles. The predicted octanol–water partition coefficient (Wildman–Crippen LogP) is 3.32. The Morgan fingerprint density at radius 3 is 2.59 bits per heavy atom. The lowest BCUT2D eigenvalue weighted by atomic mass is 10.2. The van der Waals surface area contributed by atoms with Gasteiger partial charge in [0.25, 0.3) is 0 Å². The molecule has 2 aromatic rings. The average Bonchev–Trinajstić information content (AvgIpc) is 2.38. The third-order valence-corrected chi connectivity index (χ3v) is 3.52. The molecule has 0 aliphatic carbocycles. The van der Waals surface area contributed by atoms with Gasteiger partial charge in [0, 0.05) is 17.9 Å². The van der Waals surface area contributed by atoms with E-state index in [0.29, 0.717) is 0 Å². The molecule has 0 aliphatic rings. The van der Waals surface area contributed by atoms with Gasteiger partial charge in [0.2, 0.25) is 5.03 Å². The first-order chi connectivity index (χ1) is 8.36. The number of aromatic nitrogens is 1. The minimum absolute atomic E-state index is 0.993. The van der Waals surface area contributed by atoms with Gasteiger partial charge in [0.1, 0.15) is 7.05 Å². The van der Waals surface area contributed by atoms with Gasteiger partial charge in [-0.1, -0.05) is 54.2 Å². The molecular weight excluding hydrogens is 226 g/mol. The first kappa shape index (κ1) is 11.9. The smallest absolute Gasteiger partial charge is 0.196 e. The molecule has 0 radical (unpaired) electrons. The van der Waals surface area contributed by atoms with Crippen molar-refractivity contribution >= 4 is 17.8 Å². The molecule has 0 saturated carbocycles. The van der Waals surface area contributed by atoms with Crippen molar-refractivity contribution in [2.75, 3.05) is 5.75 Å². The van der Waals surface area contributed by atoms with Gasteiger partial charge in [0.05, 0.1) is 0 Å². The van der Waals surface area contributed by atoms with Gasteiger partial charge in [-0.05, 0) is 11.6 Å². The van der Waals surface area contributed by atoms with Crippen LogP contribution < -0.4 is 4.57 Å². The number of nitrogens with zero attached hydrogens (tertiary/aromatic N) is 1. The average molecular weight is 242 g/mol. The van der Waals surface area contributed by atoms with Gasteiger partial charge in [-0.3, -0.25) is 0 Å². The van der Waals surface area contributed by atoms with Crippen LogP contribution in [0.4, 0.5) is 0 Å². The summed E-state index contributed by atoms with van der Waals surface area (Å²) in [6.07, 6.45) is 6.44. The van der Waals surface area contributed by atoms with Crippen LogP contribution in [0.3, 0.4) is 0 Å². The van der Waals surface area contributed by atoms with E-state index in [4.69, 9.17) is 0 Å². The molecule has 17 heavy (non-hydrogen) atoms. The summed E-state index contributed by atoms with van der Waals surface area (Å²) in [4.78, 5) is 0. The highest BCUT2D eigenvalue weighted by molar-refractivity contribution is 7.99. The zero-order valence-electron chi connectivity index (χ0n) is 9.91. The molecule has 0 unspecified atom stereocenters. The maximum absolute atomic E-state index is 2.20. The second kappa shape index (κ2) is 6.26. The highest BCUT2D eigenvalue weighted by Gasteiger charge is 2.02. The summed E-state index contributed by atoms with van der Waals surface area (Å²) in [5, 5.41) is 1.28. The van der Waals surface area contributed by atoms with Crippen LogP contribution in [0.2, 0.25) is 0 Å². The number of hydrogen-bond donors (Lipinski definition) is 0. The Bertz CT molecular complexity index is 491. The predicted molar refractivity (Wildman–Crippen MR) is 73.8 cm³/mol. The lowest BCUT2D eigenvalue weighted by Gasteiger charge is -1.96. The molecule has 0 saturated heterocycles. The van der Waals surface area contributed by atoms with Crippen LogP contribution in [0.15, 0.2) is 65.8 Å². The summed E-state index contributed by atoms with van der Waals surface area (Å²) >= 11 is 1.84. The van der Waals surface area contributed by atoms with E-state index in [1.807, 2.05) is 23.9 Å². The molecule has 0 fully saturated rings. The fourth-order valence-electron chi connectivity index (χ4n) is 1.54. The molecule has 1 aromatic heterocycles. The minimum atomic E-state index is 0.993. The SMILES string of the molecule is C[n+]1ccccc1SC/C=C/c1ccccc1. The number of pyridine rings is 1. The summed E-state index contributed by atoms with van der Waals surface area (Å²) in [5.41, 5.74) is 1.26. The zero-order valence-corrected chi connectivity index (χ0v) is 10.7. The van der Waals surface area contributed by atoms with Crippen LogP contribution in [0.5, 0.6) is 0 Å². The van der Waals surface area contributed by atoms with Crippen LogP contribution in [0.25, 0.3) is 6.08 Å². The Morgan fingerprint density at radius 2 is 1.82 bits per heavy atom. The van der Waals surface area contributed by atoms with Gasteiger partial charge in [0.15, 0.2) is 6.20 Å². The maximum atomic E-state index is 2.20. The van der Waals surface area contributed by atoms with Crippen molar-refractivity contribution < 1.29 is 4.57 Å². The molecule has 0 bridgehead atoms. The van der Waals surface area contributed by atoms with Gasteiger partial charge >= 0.3 is 0 Å². The van der Waals surface area contributed by atoms with Gasteiger partial charge in [-0.25, -0.2) is 0 Å². The van der Waals surface area contributed by atoms with E-state index in [9.17, 15) is 0 Å². The van der Waals surface area contributed by atoms with Crippen LogP contribution in [-0.4, -0.2) is 5.75 Å².